The monoisotopic (exact) mass is 444 g/mol. The van der Waals surface area contributed by atoms with Gasteiger partial charge in [-0.2, -0.15) is 0 Å². The predicted octanol–water partition coefficient (Wildman–Crippen LogP) is 7.64. The Balaban J connectivity index is 1.51. The van der Waals surface area contributed by atoms with Crippen LogP contribution in [0.1, 0.15) is 57.9 Å². The third-order valence-electron chi connectivity index (χ3n) is 5.53. The Morgan fingerprint density at radius 3 is 2.67 bits per heavy atom. The molecule has 0 saturated heterocycles. The number of benzene rings is 2. The van der Waals surface area contributed by atoms with E-state index in [2.05, 4.69) is 49.7 Å². The molecule has 1 heterocycles. The molecule has 0 bridgehead atoms. The van der Waals surface area contributed by atoms with Gasteiger partial charge in [0.25, 0.3) is 0 Å². The summed E-state index contributed by atoms with van der Waals surface area (Å²) in [6.45, 7) is 9.45. The minimum Gasteiger partial charge on any atom is -0.490 e. The highest BCUT2D eigenvalue weighted by atomic mass is 16.5. The van der Waals surface area contributed by atoms with Gasteiger partial charge in [0.1, 0.15) is 12.4 Å². The van der Waals surface area contributed by atoms with Crippen LogP contribution in [0.15, 0.2) is 67.4 Å². The van der Waals surface area contributed by atoms with Crippen molar-refractivity contribution < 1.29 is 9.47 Å². The predicted molar refractivity (Wildman–Crippen MR) is 138 cm³/mol. The molecule has 1 unspecified atom stereocenters. The van der Waals surface area contributed by atoms with Gasteiger partial charge in [0.15, 0.2) is 0 Å². The molecule has 0 N–H and O–H groups in total. The van der Waals surface area contributed by atoms with Crippen LogP contribution in [-0.4, -0.2) is 29.3 Å². The maximum absolute atomic E-state index is 5.87. The first-order chi connectivity index (χ1) is 16.2. The van der Waals surface area contributed by atoms with Gasteiger partial charge >= 0.3 is 0 Å². The van der Waals surface area contributed by atoms with Crippen LogP contribution in [-0.2, 0) is 4.74 Å². The van der Waals surface area contributed by atoms with Crippen LogP contribution >= 0.6 is 0 Å². The van der Waals surface area contributed by atoms with Crippen molar-refractivity contribution in [2.45, 2.75) is 58.5 Å². The molecule has 3 aromatic rings. The van der Waals surface area contributed by atoms with E-state index in [1.807, 2.05) is 36.5 Å². The average Bonchev–Trinajstić information content (AvgIpc) is 2.85. The second kappa shape index (κ2) is 13.5. The molecule has 0 amide bonds. The molecule has 4 heteroatoms. The zero-order chi connectivity index (χ0) is 23.3. The summed E-state index contributed by atoms with van der Waals surface area (Å²) in [5.74, 6) is 0.817. The Hall–Kier alpha value is -2.98. The first-order valence-electron chi connectivity index (χ1n) is 12.1. The van der Waals surface area contributed by atoms with Crippen molar-refractivity contribution in [2.24, 2.45) is 0 Å². The number of allylic oxidation sites excluding steroid dienone is 1. The molecule has 174 valence electrons. The van der Waals surface area contributed by atoms with Crippen LogP contribution in [0.4, 0.5) is 0 Å². The van der Waals surface area contributed by atoms with E-state index in [0.29, 0.717) is 12.7 Å². The topological polar surface area (TPSA) is 44.2 Å². The van der Waals surface area contributed by atoms with Gasteiger partial charge in [-0.3, -0.25) is 4.98 Å². The van der Waals surface area contributed by atoms with Crippen molar-refractivity contribution in [3.05, 3.63) is 73.0 Å². The third-order valence-corrected chi connectivity index (χ3v) is 5.53. The minimum absolute atomic E-state index is 0.344. The van der Waals surface area contributed by atoms with E-state index in [1.165, 1.54) is 19.3 Å². The highest BCUT2D eigenvalue weighted by Gasteiger charge is 2.04. The van der Waals surface area contributed by atoms with E-state index in [0.717, 1.165) is 59.5 Å². The zero-order valence-electron chi connectivity index (χ0n) is 20.0. The molecule has 1 atom stereocenters. The third kappa shape index (κ3) is 8.14. The van der Waals surface area contributed by atoms with Crippen molar-refractivity contribution in [1.29, 1.82) is 0 Å². The van der Waals surface area contributed by atoms with Crippen LogP contribution in [0.3, 0.4) is 0 Å². The van der Waals surface area contributed by atoms with E-state index in [1.54, 1.807) is 6.08 Å². The standard InChI is InChI=1S/C29H36N2O2/c1-4-6-10-20-32-23(3)11-8-7-9-12-24-13-18-27-28(21-24)30-22-29(31-27)25-14-16-26(17-15-25)33-19-5-2/h5,9,12-18,21-23H,2,4,6-8,10-11,19-20H2,1,3H3/b12-9+. The summed E-state index contributed by atoms with van der Waals surface area (Å²) in [4.78, 5) is 9.43. The molecule has 2 aromatic carbocycles. The Morgan fingerprint density at radius 1 is 1.03 bits per heavy atom. The fourth-order valence-corrected chi connectivity index (χ4v) is 3.61. The molecule has 0 aliphatic rings. The number of nitrogens with zero attached hydrogens (tertiary/aromatic N) is 2. The molecule has 0 spiro atoms. The fourth-order valence-electron chi connectivity index (χ4n) is 3.61. The second-order valence-corrected chi connectivity index (χ2v) is 8.35. The summed E-state index contributed by atoms with van der Waals surface area (Å²) in [6.07, 6.45) is 15.3. The van der Waals surface area contributed by atoms with E-state index in [-0.39, 0.29) is 0 Å². The van der Waals surface area contributed by atoms with Gasteiger partial charge in [0.2, 0.25) is 0 Å². The Morgan fingerprint density at radius 2 is 1.88 bits per heavy atom. The van der Waals surface area contributed by atoms with Crippen molar-refractivity contribution in [1.82, 2.24) is 9.97 Å². The highest BCUT2D eigenvalue weighted by molar-refractivity contribution is 5.79. The maximum Gasteiger partial charge on any atom is 0.119 e. The van der Waals surface area contributed by atoms with Crippen molar-refractivity contribution in [3.8, 4) is 17.0 Å². The summed E-state index contributed by atoms with van der Waals surface area (Å²) in [5, 5.41) is 0. The molecular weight excluding hydrogens is 408 g/mol. The Labute approximate surface area is 198 Å². The quantitative estimate of drug-likeness (QED) is 0.189. The van der Waals surface area contributed by atoms with Crippen LogP contribution in [0.2, 0.25) is 0 Å². The fraction of sp³-hybridized carbons (Fsp3) is 0.379. The number of hydrogen-bond acceptors (Lipinski definition) is 4. The molecule has 1 aromatic heterocycles. The van der Waals surface area contributed by atoms with Gasteiger partial charge in [0, 0.05) is 12.2 Å². The van der Waals surface area contributed by atoms with E-state index >= 15 is 0 Å². The molecule has 0 fully saturated rings. The molecule has 0 aliphatic heterocycles. The molecule has 33 heavy (non-hydrogen) atoms. The van der Waals surface area contributed by atoms with Crippen molar-refractivity contribution >= 4 is 17.1 Å². The number of fused-ring (bicyclic) bond motifs is 1. The van der Waals surface area contributed by atoms with Crippen molar-refractivity contribution in [2.75, 3.05) is 13.2 Å². The maximum atomic E-state index is 5.87. The lowest BCUT2D eigenvalue weighted by atomic mass is 10.1. The summed E-state index contributed by atoms with van der Waals surface area (Å²) in [5.41, 5.74) is 4.82. The number of ether oxygens (including phenoxy) is 2. The SMILES string of the molecule is C=CCOc1ccc(-c2cnc3cc(/C=C/CCCC(C)OCCCCC)ccc3n2)cc1. The number of unbranched alkanes of at least 4 members (excludes halogenated alkanes) is 3. The van der Waals surface area contributed by atoms with E-state index in [4.69, 9.17) is 14.5 Å². The summed E-state index contributed by atoms with van der Waals surface area (Å²) in [7, 11) is 0. The molecule has 3 rings (SSSR count). The molecule has 0 aliphatic carbocycles. The smallest absolute Gasteiger partial charge is 0.119 e. The average molecular weight is 445 g/mol. The zero-order valence-corrected chi connectivity index (χ0v) is 20.0. The van der Waals surface area contributed by atoms with E-state index in [9.17, 15) is 0 Å². The van der Waals surface area contributed by atoms with Crippen LogP contribution in [0.25, 0.3) is 28.4 Å². The first kappa shape index (κ1) is 24.7. The largest absolute Gasteiger partial charge is 0.490 e. The van der Waals surface area contributed by atoms with Crippen LogP contribution in [0.5, 0.6) is 5.75 Å². The second-order valence-electron chi connectivity index (χ2n) is 8.35. The lowest BCUT2D eigenvalue weighted by Gasteiger charge is -2.12. The van der Waals surface area contributed by atoms with Gasteiger partial charge in [0.05, 0.1) is 29.0 Å². The minimum atomic E-state index is 0.344. The highest BCUT2D eigenvalue weighted by Crippen LogP contribution is 2.23. The van der Waals surface area contributed by atoms with Crippen molar-refractivity contribution in [3.63, 3.8) is 0 Å². The van der Waals surface area contributed by atoms with Gasteiger partial charge < -0.3 is 9.47 Å². The molecular formula is C29H36N2O2. The van der Waals surface area contributed by atoms with E-state index < -0.39 is 0 Å². The summed E-state index contributed by atoms with van der Waals surface area (Å²) in [6, 6.07) is 14.1. The van der Waals surface area contributed by atoms with Gasteiger partial charge in [-0.1, -0.05) is 50.6 Å². The normalized spacial score (nSPS) is 12.3. The number of rotatable bonds is 14. The Bertz CT molecular complexity index is 1030. The molecule has 0 radical (unpaired) electrons. The lowest BCUT2D eigenvalue weighted by Crippen LogP contribution is -2.08. The van der Waals surface area contributed by atoms with Gasteiger partial charge in [-0.15, -0.1) is 0 Å². The van der Waals surface area contributed by atoms with Crippen LogP contribution < -0.4 is 4.74 Å². The molecule has 0 saturated carbocycles. The summed E-state index contributed by atoms with van der Waals surface area (Å²) >= 11 is 0. The summed E-state index contributed by atoms with van der Waals surface area (Å²) < 4.78 is 11.4. The molecule has 4 nitrogen and oxygen atoms in total. The lowest BCUT2D eigenvalue weighted by molar-refractivity contribution is 0.0566. The van der Waals surface area contributed by atoms with Gasteiger partial charge in [-0.05, 0) is 74.6 Å². The van der Waals surface area contributed by atoms with Gasteiger partial charge in [-0.25, -0.2) is 4.98 Å². The number of hydrogen-bond donors (Lipinski definition) is 0. The first-order valence-corrected chi connectivity index (χ1v) is 12.1. The number of aromatic nitrogens is 2. The van der Waals surface area contributed by atoms with Crippen LogP contribution in [0, 0.1) is 0 Å². The Kier molecular flexibility index (Phi) is 10.1.